The van der Waals surface area contributed by atoms with Crippen molar-refractivity contribution in [3.63, 3.8) is 0 Å². The maximum Gasteiger partial charge on any atom is 0.227 e. The molecule has 1 N–H and O–H groups in total. The molecule has 1 fully saturated rings. The van der Waals surface area contributed by atoms with E-state index in [1.165, 1.54) is 0 Å². The van der Waals surface area contributed by atoms with Crippen LogP contribution < -0.4 is 15.0 Å². The molecule has 0 saturated carbocycles. The summed E-state index contributed by atoms with van der Waals surface area (Å²) in [6, 6.07) is 11.5. The van der Waals surface area contributed by atoms with Crippen LogP contribution in [0.1, 0.15) is 31.4 Å². The Kier molecular flexibility index (Phi) is 6.06. The molecule has 0 bridgehead atoms. The molecule has 6 nitrogen and oxygen atoms in total. The van der Waals surface area contributed by atoms with Crippen molar-refractivity contribution >= 4 is 17.5 Å². The monoisotopic (exact) mass is 367 g/mol. The molecular formula is C21H25N3O3. The van der Waals surface area contributed by atoms with Crippen LogP contribution in [0.25, 0.3) is 0 Å². The van der Waals surface area contributed by atoms with Crippen molar-refractivity contribution in [3.8, 4) is 5.88 Å². The molecule has 0 radical (unpaired) electrons. The van der Waals surface area contributed by atoms with E-state index < -0.39 is 0 Å². The lowest BCUT2D eigenvalue weighted by atomic mass is 10.1. The van der Waals surface area contributed by atoms with Gasteiger partial charge in [-0.15, -0.1) is 0 Å². The number of carbonyl (C=O) groups excluding carboxylic acids is 2. The van der Waals surface area contributed by atoms with Crippen molar-refractivity contribution in [2.75, 3.05) is 18.1 Å². The van der Waals surface area contributed by atoms with E-state index in [0.29, 0.717) is 25.6 Å². The van der Waals surface area contributed by atoms with Gasteiger partial charge in [0.2, 0.25) is 17.7 Å². The first kappa shape index (κ1) is 18.9. The standard InChI is InChI=1S/C21H25N3O3/c1-3-15-8-5-6-10-18(15)24-14-17(12-19(24)25)20(26)23-13-16-9-7-11-22-21(16)27-4-2/h5-11,17H,3-4,12-14H2,1-2H3,(H,23,26). The van der Waals surface area contributed by atoms with Crippen LogP contribution in [0.3, 0.4) is 0 Å². The fraction of sp³-hybridized carbons (Fsp3) is 0.381. The minimum Gasteiger partial charge on any atom is -0.478 e. The molecule has 142 valence electrons. The third-order valence-corrected chi connectivity index (χ3v) is 4.74. The smallest absolute Gasteiger partial charge is 0.227 e. The van der Waals surface area contributed by atoms with Crippen LogP contribution >= 0.6 is 0 Å². The summed E-state index contributed by atoms with van der Waals surface area (Å²) in [5, 5.41) is 2.92. The molecule has 1 saturated heterocycles. The highest BCUT2D eigenvalue weighted by Crippen LogP contribution is 2.28. The Hall–Kier alpha value is -2.89. The second kappa shape index (κ2) is 8.66. The Morgan fingerprint density at radius 3 is 2.78 bits per heavy atom. The number of carbonyl (C=O) groups is 2. The van der Waals surface area contributed by atoms with Crippen molar-refractivity contribution in [2.45, 2.75) is 33.2 Å². The molecule has 2 amide bonds. The quantitative estimate of drug-likeness (QED) is 0.817. The van der Waals surface area contributed by atoms with Crippen molar-refractivity contribution in [2.24, 2.45) is 5.92 Å². The number of benzene rings is 1. The fourth-order valence-corrected chi connectivity index (χ4v) is 3.34. The highest BCUT2D eigenvalue weighted by Gasteiger charge is 2.35. The number of hydrogen-bond acceptors (Lipinski definition) is 4. The molecule has 1 aliphatic rings. The highest BCUT2D eigenvalue weighted by molar-refractivity contribution is 6.00. The third kappa shape index (κ3) is 4.27. The Morgan fingerprint density at radius 1 is 1.22 bits per heavy atom. The molecule has 27 heavy (non-hydrogen) atoms. The van der Waals surface area contributed by atoms with Crippen LogP contribution in [-0.4, -0.2) is 29.9 Å². The molecule has 0 aliphatic carbocycles. The lowest BCUT2D eigenvalue weighted by Crippen LogP contribution is -2.33. The number of amides is 2. The fourth-order valence-electron chi connectivity index (χ4n) is 3.34. The zero-order valence-corrected chi connectivity index (χ0v) is 15.8. The molecule has 0 spiro atoms. The summed E-state index contributed by atoms with van der Waals surface area (Å²) < 4.78 is 5.49. The normalized spacial score (nSPS) is 16.4. The van der Waals surface area contributed by atoms with E-state index >= 15 is 0 Å². The van der Waals surface area contributed by atoms with Gasteiger partial charge < -0.3 is 15.0 Å². The van der Waals surface area contributed by atoms with E-state index in [-0.39, 0.29) is 24.2 Å². The van der Waals surface area contributed by atoms with Gasteiger partial charge in [-0.2, -0.15) is 0 Å². The lowest BCUT2D eigenvalue weighted by molar-refractivity contribution is -0.126. The van der Waals surface area contributed by atoms with Crippen molar-refractivity contribution in [1.29, 1.82) is 0 Å². The average Bonchev–Trinajstić information content (AvgIpc) is 3.09. The van der Waals surface area contributed by atoms with Gasteiger partial charge in [0, 0.05) is 37.0 Å². The summed E-state index contributed by atoms with van der Waals surface area (Å²) in [6.07, 6.45) is 2.74. The predicted molar refractivity (Wildman–Crippen MR) is 104 cm³/mol. The third-order valence-electron chi connectivity index (χ3n) is 4.74. The van der Waals surface area contributed by atoms with Gasteiger partial charge in [0.05, 0.1) is 12.5 Å². The van der Waals surface area contributed by atoms with Gasteiger partial charge in [0.15, 0.2) is 0 Å². The topological polar surface area (TPSA) is 71.5 Å². The lowest BCUT2D eigenvalue weighted by Gasteiger charge is -2.20. The second-order valence-corrected chi connectivity index (χ2v) is 6.51. The van der Waals surface area contributed by atoms with Crippen LogP contribution in [0, 0.1) is 5.92 Å². The summed E-state index contributed by atoms with van der Waals surface area (Å²) in [5.74, 6) is 0.0505. The number of nitrogens with one attached hydrogen (secondary N) is 1. The van der Waals surface area contributed by atoms with Gasteiger partial charge in [-0.3, -0.25) is 9.59 Å². The molecule has 1 aliphatic heterocycles. The van der Waals surface area contributed by atoms with Gasteiger partial charge in [0.25, 0.3) is 0 Å². The van der Waals surface area contributed by atoms with Crippen LogP contribution in [-0.2, 0) is 22.6 Å². The van der Waals surface area contributed by atoms with Crippen LogP contribution in [0.15, 0.2) is 42.6 Å². The summed E-state index contributed by atoms with van der Waals surface area (Å²) >= 11 is 0. The summed E-state index contributed by atoms with van der Waals surface area (Å²) in [4.78, 5) is 31.0. The maximum atomic E-state index is 12.6. The number of pyridine rings is 1. The van der Waals surface area contributed by atoms with Crippen molar-refractivity contribution in [1.82, 2.24) is 10.3 Å². The summed E-state index contributed by atoms with van der Waals surface area (Å²) in [5.41, 5.74) is 2.85. The van der Waals surface area contributed by atoms with Crippen LogP contribution in [0.4, 0.5) is 5.69 Å². The number of ether oxygens (including phenoxy) is 1. The van der Waals surface area contributed by atoms with Gasteiger partial charge in [-0.1, -0.05) is 31.2 Å². The molecule has 3 rings (SSSR count). The number of aromatic nitrogens is 1. The van der Waals surface area contributed by atoms with E-state index in [2.05, 4.69) is 17.2 Å². The van der Waals surface area contributed by atoms with Gasteiger partial charge in [0.1, 0.15) is 0 Å². The first-order valence-corrected chi connectivity index (χ1v) is 9.36. The SMILES string of the molecule is CCOc1ncccc1CNC(=O)C1CC(=O)N(c2ccccc2CC)C1. The summed E-state index contributed by atoms with van der Waals surface area (Å²) in [6.45, 7) is 5.21. The van der Waals surface area contributed by atoms with Crippen LogP contribution in [0.2, 0.25) is 0 Å². The molecule has 2 aromatic rings. The van der Waals surface area contributed by atoms with Gasteiger partial charge in [-0.05, 0) is 31.0 Å². The van der Waals surface area contributed by atoms with Gasteiger partial charge in [-0.25, -0.2) is 4.98 Å². The molecule has 6 heteroatoms. The Labute approximate surface area is 159 Å². The molecule has 1 atom stereocenters. The average molecular weight is 367 g/mol. The summed E-state index contributed by atoms with van der Waals surface area (Å²) in [7, 11) is 0. The van der Waals surface area contributed by atoms with E-state index in [1.807, 2.05) is 43.3 Å². The van der Waals surface area contributed by atoms with E-state index in [9.17, 15) is 9.59 Å². The molecule has 1 unspecified atom stereocenters. The van der Waals surface area contributed by atoms with Crippen LogP contribution in [0.5, 0.6) is 5.88 Å². The Bertz CT molecular complexity index is 822. The number of hydrogen-bond donors (Lipinski definition) is 1. The number of nitrogens with zero attached hydrogens (tertiary/aromatic N) is 2. The Balaban J connectivity index is 1.64. The zero-order valence-electron chi connectivity index (χ0n) is 15.8. The van der Waals surface area contributed by atoms with E-state index in [1.54, 1.807) is 11.1 Å². The molecule has 1 aromatic carbocycles. The molecule has 1 aromatic heterocycles. The predicted octanol–water partition coefficient (Wildman–Crippen LogP) is 2.71. The minimum absolute atomic E-state index is 0.00701. The number of anilines is 1. The number of rotatable bonds is 7. The largest absolute Gasteiger partial charge is 0.478 e. The zero-order chi connectivity index (χ0) is 19.2. The highest BCUT2D eigenvalue weighted by atomic mass is 16.5. The Morgan fingerprint density at radius 2 is 2.00 bits per heavy atom. The van der Waals surface area contributed by atoms with E-state index in [0.717, 1.165) is 23.2 Å². The number of aryl methyl sites for hydroxylation is 1. The van der Waals surface area contributed by atoms with Crippen molar-refractivity contribution in [3.05, 3.63) is 53.7 Å². The van der Waals surface area contributed by atoms with Crippen molar-refractivity contribution < 1.29 is 14.3 Å². The first-order chi connectivity index (χ1) is 13.1. The molecule has 2 heterocycles. The molecular weight excluding hydrogens is 342 g/mol. The van der Waals surface area contributed by atoms with E-state index in [4.69, 9.17) is 4.74 Å². The first-order valence-electron chi connectivity index (χ1n) is 9.36. The maximum absolute atomic E-state index is 12.6. The minimum atomic E-state index is -0.352. The van der Waals surface area contributed by atoms with Gasteiger partial charge >= 0.3 is 0 Å². The number of para-hydroxylation sites is 1. The second-order valence-electron chi connectivity index (χ2n) is 6.51.